The lowest BCUT2D eigenvalue weighted by atomic mass is 9.81. The third-order valence-electron chi connectivity index (χ3n) is 5.46. The van der Waals surface area contributed by atoms with Crippen molar-refractivity contribution in [2.75, 3.05) is 0 Å². The molecule has 25 heavy (non-hydrogen) atoms. The van der Waals surface area contributed by atoms with Gasteiger partial charge in [0.1, 0.15) is 5.75 Å². The third-order valence-corrected chi connectivity index (χ3v) is 5.46. The van der Waals surface area contributed by atoms with Gasteiger partial charge in [0.15, 0.2) is 0 Å². The number of fused-ring (bicyclic) bond motifs is 1. The van der Waals surface area contributed by atoms with Crippen LogP contribution in [0.2, 0.25) is 0 Å². The van der Waals surface area contributed by atoms with Gasteiger partial charge in [0.2, 0.25) is 5.91 Å². The van der Waals surface area contributed by atoms with Crippen molar-refractivity contribution in [3.8, 4) is 11.8 Å². The van der Waals surface area contributed by atoms with E-state index in [-0.39, 0.29) is 23.1 Å². The van der Waals surface area contributed by atoms with E-state index in [4.69, 9.17) is 5.26 Å². The summed E-state index contributed by atoms with van der Waals surface area (Å²) < 4.78 is 0. The Morgan fingerprint density at radius 2 is 2.04 bits per heavy atom. The summed E-state index contributed by atoms with van der Waals surface area (Å²) in [6.45, 7) is 0. The number of nitrogens with zero attached hydrogens (tertiary/aromatic N) is 1. The number of phenolic OH excluding ortho intramolecular Hbond substituents is 1. The van der Waals surface area contributed by atoms with Crippen LogP contribution in [-0.4, -0.2) is 11.0 Å². The summed E-state index contributed by atoms with van der Waals surface area (Å²) in [5.41, 5.74) is 3.15. The molecule has 2 aliphatic rings. The molecular formula is C21H20N2O2. The van der Waals surface area contributed by atoms with Gasteiger partial charge in [-0.25, -0.2) is 0 Å². The fraction of sp³-hybridized carbons (Fsp3) is 0.333. The van der Waals surface area contributed by atoms with E-state index in [9.17, 15) is 9.90 Å². The third kappa shape index (κ3) is 2.76. The maximum Gasteiger partial charge on any atom is 0.228 e. The summed E-state index contributed by atoms with van der Waals surface area (Å²) in [6.07, 6.45) is 4.32. The van der Waals surface area contributed by atoms with Gasteiger partial charge in [0.05, 0.1) is 23.1 Å². The molecule has 1 unspecified atom stereocenters. The molecule has 0 saturated heterocycles. The van der Waals surface area contributed by atoms with Gasteiger partial charge in [-0.2, -0.15) is 5.26 Å². The molecule has 0 heterocycles. The van der Waals surface area contributed by atoms with Gasteiger partial charge in [0.25, 0.3) is 0 Å². The first kappa shape index (κ1) is 15.7. The molecule has 4 nitrogen and oxygen atoms in total. The van der Waals surface area contributed by atoms with Crippen molar-refractivity contribution in [3.05, 3.63) is 64.7 Å². The van der Waals surface area contributed by atoms with Gasteiger partial charge in [-0.1, -0.05) is 24.3 Å². The van der Waals surface area contributed by atoms with E-state index < -0.39 is 0 Å². The molecule has 1 amide bonds. The van der Waals surface area contributed by atoms with Crippen LogP contribution in [0.15, 0.2) is 42.5 Å². The highest BCUT2D eigenvalue weighted by Crippen LogP contribution is 2.47. The van der Waals surface area contributed by atoms with Crippen molar-refractivity contribution in [1.29, 1.82) is 5.26 Å². The molecule has 2 aliphatic carbocycles. The van der Waals surface area contributed by atoms with Crippen molar-refractivity contribution in [2.24, 2.45) is 0 Å². The number of hydrogen-bond acceptors (Lipinski definition) is 3. The Morgan fingerprint density at radius 3 is 2.80 bits per heavy atom. The second-order valence-electron chi connectivity index (χ2n) is 7.05. The molecule has 0 aromatic heterocycles. The fourth-order valence-corrected chi connectivity index (χ4v) is 3.92. The number of carbonyl (C=O) groups is 1. The predicted molar refractivity (Wildman–Crippen MR) is 94.0 cm³/mol. The molecule has 1 saturated carbocycles. The van der Waals surface area contributed by atoms with Crippen LogP contribution in [0.25, 0.3) is 0 Å². The van der Waals surface area contributed by atoms with E-state index in [1.807, 2.05) is 30.3 Å². The molecule has 1 fully saturated rings. The summed E-state index contributed by atoms with van der Waals surface area (Å²) in [5.74, 6) is 0.0942. The monoisotopic (exact) mass is 332 g/mol. The summed E-state index contributed by atoms with van der Waals surface area (Å²) >= 11 is 0. The highest BCUT2D eigenvalue weighted by Gasteiger charge is 2.47. The minimum absolute atomic E-state index is 0.0198. The number of nitrogens with one attached hydrogen (secondary N) is 1. The van der Waals surface area contributed by atoms with Crippen LogP contribution >= 0.6 is 0 Å². The normalized spacial score (nSPS) is 20.2. The van der Waals surface area contributed by atoms with E-state index in [1.165, 1.54) is 0 Å². The van der Waals surface area contributed by atoms with E-state index in [0.717, 1.165) is 48.8 Å². The number of phenols is 1. The number of hydrogen-bond donors (Lipinski definition) is 2. The molecule has 0 spiro atoms. The lowest BCUT2D eigenvalue weighted by molar-refractivity contribution is -0.124. The smallest absolute Gasteiger partial charge is 0.228 e. The van der Waals surface area contributed by atoms with Crippen molar-refractivity contribution in [2.45, 2.75) is 43.6 Å². The Labute approximate surface area is 147 Å². The number of benzene rings is 2. The molecule has 2 aromatic carbocycles. The average Bonchev–Trinajstić information content (AvgIpc) is 3.42. The van der Waals surface area contributed by atoms with Crippen molar-refractivity contribution < 1.29 is 9.90 Å². The second-order valence-corrected chi connectivity index (χ2v) is 7.05. The van der Waals surface area contributed by atoms with Gasteiger partial charge in [0, 0.05) is 0 Å². The second kappa shape index (κ2) is 5.93. The molecule has 2 aromatic rings. The Hall–Kier alpha value is -2.80. The molecule has 4 rings (SSSR count). The van der Waals surface area contributed by atoms with Crippen LogP contribution in [0.3, 0.4) is 0 Å². The molecule has 0 bridgehead atoms. The van der Waals surface area contributed by atoms with E-state index in [2.05, 4.69) is 11.4 Å². The van der Waals surface area contributed by atoms with Crippen LogP contribution < -0.4 is 5.32 Å². The molecule has 1 atom stereocenters. The Balaban J connectivity index is 1.59. The minimum atomic E-state index is -0.335. The molecule has 126 valence electrons. The molecule has 0 aliphatic heterocycles. The van der Waals surface area contributed by atoms with Crippen LogP contribution in [0.1, 0.15) is 53.9 Å². The van der Waals surface area contributed by atoms with Gasteiger partial charge in [-0.3, -0.25) is 4.79 Å². The van der Waals surface area contributed by atoms with Crippen molar-refractivity contribution in [3.63, 3.8) is 0 Å². The van der Waals surface area contributed by atoms with Crippen LogP contribution in [0, 0.1) is 11.3 Å². The standard InChI is InChI=1S/C21H20N2O2/c22-13-14-4-1-5-15(12-14)21(10-11-21)23-20(25)18-8-2-7-17-16(18)6-3-9-19(17)24/h1,3-6,9,12,18,24H,2,7-8,10-11H2,(H,23,25). The first-order valence-electron chi connectivity index (χ1n) is 8.76. The van der Waals surface area contributed by atoms with E-state index >= 15 is 0 Å². The minimum Gasteiger partial charge on any atom is -0.508 e. The number of amides is 1. The first-order chi connectivity index (χ1) is 12.1. The van der Waals surface area contributed by atoms with Crippen LogP contribution in [-0.2, 0) is 16.8 Å². The quantitative estimate of drug-likeness (QED) is 0.903. The summed E-state index contributed by atoms with van der Waals surface area (Å²) in [4.78, 5) is 13.0. The van der Waals surface area contributed by atoms with E-state index in [1.54, 1.807) is 12.1 Å². The van der Waals surface area contributed by atoms with Gasteiger partial charge < -0.3 is 10.4 Å². The van der Waals surface area contributed by atoms with E-state index in [0.29, 0.717) is 5.56 Å². The topological polar surface area (TPSA) is 73.1 Å². The van der Waals surface area contributed by atoms with Gasteiger partial charge >= 0.3 is 0 Å². The number of carbonyl (C=O) groups excluding carboxylic acids is 1. The Morgan fingerprint density at radius 1 is 1.24 bits per heavy atom. The highest BCUT2D eigenvalue weighted by molar-refractivity contribution is 5.86. The zero-order valence-corrected chi connectivity index (χ0v) is 14.0. The number of aromatic hydroxyl groups is 1. The van der Waals surface area contributed by atoms with Crippen LogP contribution in [0.4, 0.5) is 0 Å². The largest absolute Gasteiger partial charge is 0.508 e. The summed E-state index contributed by atoms with van der Waals surface area (Å²) in [7, 11) is 0. The Kier molecular flexibility index (Phi) is 3.73. The zero-order valence-electron chi connectivity index (χ0n) is 14.0. The molecular weight excluding hydrogens is 312 g/mol. The summed E-state index contributed by atoms with van der Waals surface area (Å²) in [5, 5.41) is 22.4. The highest BCUT2D eigenvalue weighted by atomic mass is 16.3. The van der Waals surface area contributed by atoms with Gasteiger partial charge in [-0.15, -0.1) is 0 Å². The Bertz CT molecular complexity index is 878. The molecule has 2 N–H and O–H groups in total. The first-order valence-corrected chi connectivity index (χ1v) is 8.76. The zero-order chi connectivity index (χ0) is 17.4. The maximum absolute atomic E-state index is 13.0. The van der Waals surface area contributed by atoms with Crippen LogP contribution in [0.5, 0.6) is 5.75 Å². The van der Waals surface area contributed by atoms with Gasteiger partial charge in [-0.05, 0) is 67.0 Å². The molecule has 4 heteroatoms. The average molecular weight is 332 g/mol. The van der Waals surface area contributed by atoms with Crippen molar-refractivity contribution in [1.82, 2.24) is 5.32 Å². The predicted octanol–water partition coefficient (Wildman–Crippen LogP) is 3.49. The van der Waals surface area contributed by atoms with Crippen molar-refractivity contribution >= 4 is 5.91 Å². The lowest BCUT2D eigenvalue weighted by Gasteiger charge is -2.28. The summed E-state index contributed by atoms with van der Waals surface area (Å²) in [6, 6.07) is 15.1. The lowest BCUT2D eigenvalue weighted by Crippen LogP contribution is -2.39. The number of rotatable bonds is 3. The fourth-order valence-electron chi connectivity index (χ4n) is 3.92. The molecule has 0 radical (unpaired) electrons. The SMILES string of the molecule is N#Cc1cccc(C2(NC(=O)C3CCCc4c(O)cccc43)CC2)c1. The number of nitriles is 1. The maximum atomic E-state index is 13.0.